The Balaban J connectivity index is 2.73. The van der Waals surface area contributed by atoms with Crippen LogP contribution in [0.5, 0.6) is 5.75 Å². The topological polar surface area (TPSA) is 35.2 Å². The smallest absolute Gasteiger partial charge is 0.122 e. The zero-order chi connectivity index (χ0) is 7.14. The summed E-state index contributed by atoms with van der Waals surface area (Å²) in [6.45, 7) is 2.71. The van der Waals surface area contributed by atoms with E-state index < -0.39 is 0 Å². The van der Waals surface area contributed by atoms with E-state index in [-0.39, 0.29) is 0 Å². The van der Waals surface area contributed by atoms with Gasteiger partial charge >= 0.3 is 0 Å². The fourth-order valence-corrected chi connectivity index (χ4v) is 1.25. The average Bonchev–Trinajstić information content (AvgIpc) is 1.86. The van der Waals surface area contributed by atoms with Gasteiger partial charge in [0.1, 0.15) is 12.4 Å². The summed E-state index contributed by atoms with van der Waals surface area (Å²) in [7, 11) is 0. The Hall–Kier alpha value is -1.18. The predicted molar refractivity (Wildman–Crippen MR) is 39.9 cm³/mol. The van der Waals surface area contributed by atoms with Crippen LogP contribution in [0.3, 0.4) is 0 Å². The van der Waals surface area contributed by atoms with Gasteiger partial charge in [-0.15, -0.1) is 0 Å². The molecule has 0 saturated carbocycles. The van der Waals surface area contributed by atoms with E-state index in [1.165, 1.54) is 5.56 Å². The second-order valence-electron chi connectivity index (χ2n) is 2.60. The molecule has 0 aromatic heterocycles. The quantitative estimate of drug-likeness (QED) is 0.547. The van der Waals surface area contributed by atoms with Gasteiger partial charge in [-0.3, -0.25) is 0 Å². The molecule has 3 rings (SSSR count). The lowest BCUT2D eigenvalue weighted by molar-refractivity contribution is 0.295. The molecule has 2 bridgehead atoms. The van der Waals surface area contributed by atoms with Crippen molar-refractivity contribution in [3.63, 3.8) is 0 Å². The number of rotatable bonds is 0. The predicted octanol–water partition coefficient (Wildman–Crippen LogP) is 1.47. The number of anilines is 1. The first kappa shape index (κ1) is 5.59. The van der Waals surface area contributed by atoms with E-state index in [0.717, 1.165) is 17.0 Å². The van der Waals surface area contributed by atoms with Gasteiger partial charge < -0.3 is 10.5 Å². The molecule has 52 valence electrons. The summed E-state index contributed by atoms with van der Waals surface area (Å²) in [4.78, 5) is 0. The molecule has 2 aliphatic heterocycles. The minimum Gasteiger partial charge on any atom is -0.489 e. The number of aryl methyl sites for hydroxylation is 1. The molecule has 0 atom stereocenters. The SMILES string of the molecule is Cc1cc2cc(N)c1CO2. The van der Waals surface area contributed by atoms with Crippen LogP contribution in [0.2, 0.25) is 0 Å². The summed E-state index contributed by atoms with van der Waals surface area (Å²) in [6.07, 6.45) is 0. The number of nitrogens with two attached hydrogens (primary N) is 1. The van der Waals surface area contributed by atoms with E-state index in [1.807, 2.05) is 12.1 Å². The summed E-state index contributed by atoms with van der Waals surface area (Å²) < 4.78 is 5.26. The van der Waals surface area contributed by atoms with Gasteiger partial charge in [0, 0.05) is 17.3 Å². The highest BCUT2D eigenvalue weighted by Crippen LogP contribution is 2.30. The normalized spacial score (nSPS) is 13.3. The maximum absolute atomic E-state index is 5.69. The summed E-state index contributed by atoms with van der Waals surface area (Å²) in [5.74, 6) is 0.894. The second-order valence-corrected chi connectivity index (χ2v) is 2.60. The third kappa shape index (κ3) is 0.588. The molecule has 2 heteroatoms. The van der Waals surface area contributed by atoms with Crippen LogP contribution in [-0.4, -0.2) is 0 Å². The fourth-order valence-electron chi connectivity index (χ4n) is 1.25. The summed E-state index contributed by atoms with van der Waals surface area (Å²) in [5.41, 5.74) is 8.93. The van der Waals surface area contributed by atoms with Gasteiger partial charge in [0.25, 0.3) is 0 Å². The van der Waals surface area contributed by atoms with Crippen LogP contribution in [0.1, 0.15) is 11.1 Å². The molecular weight excluding hydrogens is 126 g/mol. The summed E-state index contributed by atoms with van der Waals surface area (Å²) in [5, 5.41) is 0. The Morgan fingerprint density at radius 3 is 2.70 bits per heavy atom. The molecule has 1 aromatic rings. The molecule has 2 heterocycles. The number of fused-ring (bicyclic) bond motifs is 3. The minimum atomic E-state index is 0.653. The lowest BCUT2D eigenvalue weighted by atomic mass is 10.0. The number of benzene rings is 1. The van der Waals surface area contributed by atoms with E-state index in [9.17, 15) is 0 Å². The third-order valence-corrected chi connectivity index (χ3v) is 1.86. The number of nitrogen functional groups attached to an aromatic ring is 1. The van der Waals surface area contributed by atoms with Crippen molar-refractivity contribution in [2.75, 3.05) is 5.73 Å². The van der Waals surface area contributed by atoms with Crippen LogP contribution in [0.25, 0.3) is 0 Å². The van der Waals surface area contributed by atoms with Crippen LogP contribution >= 0.6 is 0 Å². The Morgan fingerprint density at radius 2 is 2.30 bits per heavy atom. The maximum atomic E-state index is 5.69. The monoisotopic (exact) mass is 135 g/mol. The van der Waals surface area contributed by atoms with Crippen molar-refractivity contribution < 1.29 is 4.74 Å². The molecule has 2 N–H and O–H groups in total. The highest BCUT2D eigenvalue weighted by molar-refractivity contribution is 5.57. The Kier molecular flexibility index (Phi) is 0.926. The van der Waals surface area contributed by atoms with Crippen LogP contribution in [0.4, 0.5) is 5.69 Å². The molecule has 2 nitrogen and oxygen atoms in total. The summed E-state index contributed by atoms with van der Waals surface area (Å²) >= 11 is 0. The van der Waals surface area contributed by atoms with Gasteiger partial charge in [0.2, 0.25) is 0 Å². The molecule has 0 aliphatic carbocycles. The van der Waals surface area contributed by atoms with Crippen LogP contribution in [-0.2, 0) is 6.61 Å². The van der Waals surface area contributed by atoms with Crippen LogP contribution in [0.15, 0.2) is 12.1 Å². The maximum Gasteiger partial charge on any atom is 0.122 e. The molecule has 0 spiro atoms. The van der Waals surface area contributed by atoms with E-state index in [0.29, 0.717) is 6.61 Å². The molecule has 0 unspecified atom stereocenters. The molecule has 2 aliphatic rings. The van der Waals surface area contributed by atoms with Crippen LogP contribution in [0, 0.1) is 6.92 Å². The zero-order valence-electron chi connectivity index (χ0n) is 5.85. The minimum absolute atomic E-state index is 0.653. The summed E-state index contributed by atoms with van der Waals surface area (Å²) in [6, 6.07) is 3.88. The number of hydrogen-bond acceptors (Lipinski definition) is 2. The number of hydrogen-bond donors (Lipinski definition) is 1. The second kappa shape index (κ2) is 1.66. The first-order chi connectivity index (χ1) is 4.77. The van der Waals surface area contributed by atoms with Crippen molar-refractivity contribution in [1.29, 1.82) is 0 Å². The van der Waals surface area contributed by atoms with Crippen molar-refractivity contribution in [3.05, 3.63) is 23.3 Å². The Bertz CT molecular complexity index is 258. The van der Waals surface area contributed by atoms with Gasteiger partial charge in [-0.2, -0.15) is 0 Å². The molecule has 0 fully saturated rings. The van der Waals surface area contributed by atoms with Gasteiger partial charge in [0.05, 0.1) is 0 Å². The number of ether oxygens (including phenoxy) is 1. The Labute approximate surface area is 59.6 Å². The van der Waals surface area contributed by atoms with Gasteiger partial charge in [-0.1, -0.05) is 0 Å². The average molecular weight is 135 g/mol. The van der Waals surface area contributed by atoms with Gasteiger partial charge in [-0.05, 0) is 18.6 Å². The highest BCUT2D eigenvalue weighted by Gasteiger charge is 2.12. The van der Waals surface area contributed by atoms with E-state index in [1.54, 1.807) is 0 Å². The van der Waals surface area contributed by atoms with Gasteiger partial charge in [-0.25, -0.2) is 0 Å². The van der Waals surface area contributed by atoms with E-state index in [4.69, 9.17) is 10.5 Å². The lowest BCUT2D eigenvalue weighted by Crippen LogP contribution is -2.08. The molecule has 1 aromatic carbocycles. The van der Waals surface area contributed by atoms with Crippen molar-refractivity contribution >= 4 is 5.69 Å². The van der Waals surface area contributed by atoms with E-state index >= 15 is 0 Å². The Morgan fingerprint density at radius 1 is 1.50 bits per heavy atom. The van der Waals surface area contributed by atoms with Crippen LogP contribution < -0.4 is 10.5 Å². The molecule has 0 saturated heterocycles. The highest BCUT2D eigenvalue weighted by atomic mass is 16.5. The van der Waals surface area contributed by atoms with E-state index in [2.05, 4.69) is 6.92 Å². The standard InChI is InChI=1S/C8H9NO/c1-5-2-6-3-8(9)7(5)4-10-6/h2-3H,4,9H2,1H3. The first-order valence-corrected chi connectivity index (χ1v) is 3.29. The largest absolute Gasteiger partial charge is 0.489 e. The fraction of sp³-hybridized carbons (Fsp3) is 0.250. The van der Waals surface area contributed by atoms with Crippen molar-refractivity contribution in [2.45, 2.75) is 13.5 Å². The van der Waals surface area contributed by atoms with Crippen molar-refractivity contribution in [1.82, 2.24) is 0 Å². The molecule has 0 amide bonds. The van der Waals surface area contributed by atoms with Crippen molar-refractivity contribution in [2.24, 2.45) is 0 Å². The zero-order valence-corrected chi connectivity index (χ0v) is 5.85. The molecule has 0 radical (unpaired) electrons. The van der Waals surface area contributed by atoms with Gasteiger partial charge in [0.15, 0.2) is 0 Å². The third-order valence-electron chi connectivity index (χ3n) is 1.86. The molecular formula is C8H9NO. The lowest BCUT2D eigenvalue weighted by Gasteiger charge is -2.19. The first-order valence-electron chi connectivity index (χ1n) is 3.29. The van der Waals surface area contributed by atoms with Crippen molar-refractivity contribution in [3.8, 4) is 5.75 Å². The molecule has 10 heavy (non-hydrogen) atoms.